The summed E-state index contributed by atoms with van der Waals surface area (Å²) in [7, 11) is 1.63. The molecule has 0 aliphatic rings. The average Bonchev–Trinajstić information content (AvgIpc) is 2.61. The Hall–Kier alpha value is -2.56. The molecule has 0 saturated carbocycles. The van der Waals surface area contributed by atoms with E-state index in [1.54, 1.807) is 19.2 Å². The summed E-state index contributed by atoms with van der Waals surface area (Å²) in [5, 5.41) is 2.87. The van der Waals surface area contributed by atoms with Crippen molar-refractivity contribution in [2.24, 2.45) is 0 Å². The Morgan fingerprint density at radius 3 is 2.38 bits per heavy atom. The first-order valence-corrected chi connectivity index (χ1v) is 7.95. The van der Waals surface area contributed by atoms with Crippen molar-refractivity contribution < 1.29 is 18.7 Å². The van der Waals surface area contributed by atoms with E-state index in [2.05, 4.69) is 5.32 Å². The third kappa shape index (κ3) is 6.28. The van der Waals surface area contributed by atoms with Gasteiger partial charge in [-0.15, -0.1) is 0 Å². The molecule has 0 unspecified atom stereocenters. The summed E-state index contributed by atoms with van der Waals surface area (Å²) in [6, 6.07) is 13.6. The molecule has 5 heteroatoms. The van der Waals surface area contributed by atoms with Gasteiger partial charge in [-0.2, -0.15) is 0 Å². The quantitative estimate of drug-likeness (QED) is 0.717. The van der Waals surface area contributed by atoms with Gasteiger partial charge in [-0.3, -0.25) is 4.79 Å². The fourth-order valence-corrected chi connectivity index (χ4v) is 2.16. The number of halogens is 1. The topological polar surface area (TPSA) is 47.6 Å². The number of ether oxygens (including phenoxy) is 2. The number of aryl methyl sites for hydroxylation is 1. The van der Waals surface area contributed by atoms with Gasteiger partial charge in [-0.05, 0) is 54.8 Å². The maximum Gasteiger partial charge on any atom is 0.220 e. The Morgan fingerprint density at radius 2 is 1.71 bits per heavy atom. The number of hydrogen-bond donors (Lipinski definition) is 1. The summed E-state index contributed by atoms with van der Waals surface area (Å²) in [6.07, 6.45) is 1.85. The first-order valence-electron chi connectivity index (χ1n) is 7.95. The van der Waals surface area contributed by atoms with Crippen LogP contribution in [0.3, 0.4) is 0 Å². The van der Waals surface area contributed by atoms with Crippen molar-refractivity contribution >= 4 is 5.91 Å². The molecule has 0 aliphatic heterocycles. The molecule has 0 aliphatic carbocycles. The van der Waals surface area contributed by atoms with Crippen LogP contribution in [-0.2, 0) is 11.2 Å². The molecule has 0 radical (unpaired) electrons. The Balaban J connectivity index is 1.56. The molecule has 0 aromatic heterocycles. The highest BCUT2D eigenvalue weighted by atomic mass is 19.1. The van der Waals surface area contributed by atoms with Crippen molar-refractivity contribution in [1.29, 1.82) is 0 Å². The fourth-order valence-electron chi connectivity index (χ4n) is 2.16. The summed E-state index contributed by atoms with van der Waals surface area (Å²) < 4.78 is 23.3. The zero-order valence-corrected chi connectivity index (χ0v) is 13.8. The van der Waals surface area contributed by atoms with E-state index in [4.69, 9.17) is 9.47 Å². The first-order chi connectivity index (χ1) is 11.7. The van der Waals surface area contributed by atoms with Crippen LogP contribution in [-0.4, -0.2) is 26.2 Å². The summed E-state index contributed by atoms with van der Waals surface area (Å²) in [5.41, 5.74) is 1.10. The van der Waals surface area contributed by atoms with Crippen LogP contribution < -0.4 is 14.8 Å². The molecule has 0 bridgehead atoms. The minimum absolute atomic E-state index is 0.0209. The summed E-state index contributed by atoms with van der Waals surface area (Å²) in [5.74, 6) is 1.17. The largest absolute Gasteiger partial charge is 0.497 e. The summed E-state index contributed by atoms with van der Waals surface area (Å²) in [6.45, 7) is 1.03. The van der Waals surface area contributed by atoms with E-state index in [0.717, 1.165) is 11.3 Å². The second-order valence-corrected chi connectivity index (χ2v) is 5.35. The normalized spacial score (nSPS) is 10.2. The molecular weight excluding hydrogens is 309 g/mol. The van der Waals surface area contributed by atoms with Crippen molar-refractivity contribution in [1.82, 2.24) is 5.32 Å². The SMILES string of the molecule is COc1ccc(CCC(=O)NCCCOc2ccc(F)cc2)cc1. The first kappa shape index (κ1) is 17.8. The fraction of sp³-hybridized carbons (Fsp3) is 0.316. The van der Waals surface area contributed by atoms with Crippen LogP contribution in [0.5, 0.6) is 11.5 Å². The van der Waals surface area contributed by atoms with Crippen LogP contribution in [0.2, 0.25) is 0 Å². The molecule has 1 N–H and O–H groups in total. The van der Waals surface area contributed by atoms with Crippen LogP contribution in [0.1, 0.15) is 18.4 Å². The smallest absolute Gasteiger partial charge is 0.220 e. The lowest BCUT2D eigenvalue weighted by atomic mass is 10.1. The maximum absolute atomic E-state index is 12.7. The predicted octanol–water partition coefficient (Wildman–Crippen LogP) is 3.35. The number of carbonyl (C=O) groups is 1. The molecule has 1 amide bonds. The van der Waals surface area contributed by atoms with Crippen molar-refractivity contribution in [3.63, 3.8) is 0 Å². The second-order valence-electron chi connectivity index (χ2n) is 5.35. The zero-order chi connectivity index (χ0) is 17.2. The van der Waals surface area contributed by atoms with Gasteiger partial charge >= 0.3 is 0 Å². The summed E-state index contributed by atoms with van der Waals surface area (Å²) in [4.78, 5) is 11.8. The highest BCUT2D eigenvalue weighted by Crippen LogP contribution is 2.13. The van der Waals surface area contributed by atoms with Crippen LogP contribution >= 0.6 is 0 Å². The van der Waals surface area contributed by atoms with Gasteiger partial charge in [0.15, 0.2) is 0 Å². The lowest BCUT2D eigenvalue weighted by Gasteiger charge is -2.08. The molecule has 0 heterocycles. The molecule has 0 saturated heterocycles. The van der Waals surface area contributed by atoms with E-state index in [0.29, 0.717) is 38.2 Å². The van der Waals surface area contributed by atoms with Gasteiger partial charge in [-0.25, -0.2) is 4.39 Å². The molecule has 0 fully saturated rings. The molecule has 24 heavy (non-hydrogen) atoms. The Kier molecular flexibility index (Phi) is 7.08. The highest BCUT2D eigenvalue weighted by Gasteiger charge is 2.02. The Morgan fingerprint density at radius 1 is 1.04 bits per heavy atom. The van der Waals surface area contributed by atoms with Gasteiger partial charge in [0.2, 0.25) is 5.91 Å². The standard InChI is InChI=1S/C19H22FNO3/c1-23-17-8-3-15(4-9-17)5-12-19(22)21-13-2-14-24-18-10-6-16(20)7-11-18/h3-4,6-11H,2,5,12-14H2,1H3,(H,21,22). The van der Waals surface area contributed by atoms with Crippen LogP contribution in [0, 0.1) is 5.82 Å². The van der Waals surface area contributed by atoms with E-state index in [-0.39, 0.29) is 11.7 Å². The number of hydrogen-bond acceptors (Lipinski definition) is 3. The van der Waals surface area contributed by atoms with Gasteiger partial charge in [0.1, 0.15) is 17.3 Å². The Bertz CT molecular complexity index is 626. The minimum atomic E-state index is -0.286. The van der Waals surface area contributed by atoms with Crippen molar-refractivity contribution in [3.05, 3.63) is 59.9 Å². The van der Waals surface area contributed by atoms with E-state index >= 15 is 0 Å². The molecule has 0 atom stereocenters. The van der Waals surface area contributed by atoms with E-state index < -0.39 is 0 Å². The van der Waals surface area contributed by atoms with Gasteiger partial charge < -0.3 is 14.8 Å². The minimum Gasteiger partial charge on any atom is -0.497 e. The third-order valence-corrected chi connectivity index (χ3v) is 3.53. The average molecular weight is 331 g/mol. The van der Waals surface area contributed by atoms with Gasteiger partial charge in [0, 0.05) is 13.0 Å². The monoisotopic (exact) mass is 331 g/mol. The number of carbonyl (C=O) groups excluding carboxylic acids is 1. The predicted molar refractivity (Wildman–Crippen MR) is 90.8 cm³/mol. The molecule has 4 nitrogen and oxygen atoms in total. The maximum atomic E-state index is 12.7. The number of methoxy groups -OCH3 is 1. The molecule has 2 rings (SSSR count). The van der Waals surface area contributed by atoms with Crippen LogP contribution in [0.4, 0.5) is 4.39 Å². The number of rotatable bonds is 9. The van der Waals surface area contributed by atoms with Gasteiger partial charge in [0.05, 0.1) is 13.7 Å². The lowest BCUT2D eigenvalue weighted by molar-refractivity contribution is -0.121. The molecular formula is C19H22FNO3. The van der Waals surface area contributed by atoms with Gasteiger partial charge in [0.25, 0.3) is 0 Å². The van der Waals surface area contributed by atoms with E-state index in [1.165, 1.54) is 12.1 Å². The van der Waals surface area contributed by atoms with Crippen LogP contribution in [0.15, 0.2) is 48.5 Å². The van der Waals surface area contributed by atoms with E-state index in [1.807, 2.05) is 24.3 Å². The molecule has 0 spiro atoms. The molecule has 2 aromatic carbocycles. The van der Waals surface area contributed by atoms with Crippen LogP contribution in [0.25, 0.3) is 0 Å². The Labute approximate surface area is 141 Å². The number of nitrogens with one attached hydrogen (secondary N) is 1. The van der Waals surface area contributed by atoms with Crippen molar-refractivity contribution in [2.45, 2.75) is 19.3 Å². The lowest BCUT2D eigenvalue weighted by Crippen LogP contribution is -2.25. The summed E-state index contributed by atoms with van der Waals surface area (Å²) >= 11 is 0. The molecule has 2 aromatic rings. The number of benzene rings is 2. The van der Waals surface area contributed by atoms with Crippen molar-refractivity contribution in [3.8, 4) is 11.5 Å². The third-order valence-electron chi connectivity index (χ3n) is 3.53. The molecule has 128 valence electrons. The zero-order valence-electron chi connectivity index (χ0n) is 13.8. The van der Waals surface area contributed by atoms with Crippen molar-refractivity contribution in [2.75, 3.05) is 20.3 Å². The van der Waals surface area contributed by atoms with E-state index in [9.17, 15) is 9.18 Å². The highest BCUT2D eigenvalue weighted by molar-refractivity contribution is 5.76. The number of amides is 1. The second kappa shape index (κ2) is 9.55. The van der Waals surface area contributed by atoms with Gasteiger partial charge in [-0.1, -0.05) is 12.1 Å².